The van der Waals surface area contributed by atoms with E-state index in [4.69, 9.17) is 11.6 Å². The second-order valence-corrected chi connectivity index (χ2v) is 6.67. The minimum atomic E-state index is -0.414. The summed E-state index contributed by atoms with van der Waals surface area (Å²) in [5.41, 5.74) is 3.12. The summed E-state index contributed by atoms with van der Waals surface area (Å²) in [5, 5.41) is 7.76. The van der Waals surface area contributed by atoms with Gasteiger partial charge in [0, 0.05) is 5.56 Å². The number of aromatic nitrogens is 3. The van der Waals surface area contributed by atoms with Crippen LogP contribution in [0.25, 0.3) is 17.1 Å². The molecule has 1 amide bonds. The summed E-state index contributed by atoms with van der Waals surface area (Å²) in [6.07, 6.45) is 0. The number of halogens is 1. The summed E-state index contributed by atoms with van der Waals surface area (Å²) < 4.78 is 1.67. The van der Waals surface area contributed by atoms with E-state index in [1.807, 2.05) is 79.7 Å². The first-order valence-electron chi connectivity index (χ1n) is 8.78. The van der Waals surface area contributed by atoms with E-state index in [-0.39, 0.29) is 5.82 Å². The van der Waals surface area contributed by atoms with Crippen LogP contribution < -0.4 is 5.32 Å². The number of anilines is 1. The minimum Gasteiger partial charge on any atom is -0.318 e. The number of amides is 1. The van der Waals surface area contributed by atoms with Crippen LogP contribution in [0, 0.1) is 6.92 Å². The lowest BCUT2D eigenvalue weighted by atomic mass is 10.2. The van der Waals surface area contributed by atoms with Crippen molar-refractivity contribution < 1.29 is 4.79 Å². The Kier molecular flexibility index (Phi) is 4.91. The van der Waals surface area contributed by atoms with Crippen molar-refractivity contribution in [3.8, 4) is 17.1 Å². The lowest BCUT2D eigenvalue weighted by Gasteiger charge is -2.08. The Bertz CT molecular complexity index is 1050. The average molecular weight is 389 g/mol. The molecule has 6 heteroatoms. The molecule has 0 radical (unpaired) electrons. The molecule has 3 aromatic carbocycles. The first-order chi connectivity index (χ1) is 13.6. The summed E-state index contributed by atoms with van der Waals surface area (Å²) in [6.45, 7) is 1.88. The molecule has 1 N–H and O–H groups in total. The lowest BCUT2D eigenvalue weighted by Crippen LogP contribution is -2.15. The van der Waals surface area contributed by atoms with Crippen LogP contribution in [0.15, 0.2) is 78.9 Å². The van der Waals surface area contributed by atoms with Gasteiger partial charge in [-0.2, -0.15) is 0 Å². The molecule has 4 rings (SSSR count). The van der Waals surface area contributed by atoms with Crippen LogP contribution in [0.1, 0.15) is 16.2 Å². The Balaban J connectivity index is 1.76. The highest BCUT2D eigenvalue weighted by Gasteiger charge is 2.20. The molecule has 0 saturated heterocycles. The molecule has 0 saturated carbocycles. The number of benzene rings is 3. The van der Waals surface area contributed by atoms with E-state index in [0.29, 0.717) is 16.5 Å². The van der Waals surface area contributed by atoms with E-state index in [0.717, 1.165) is 16.8 Å². The predicted octanol–water partition coefficient (Wildman–Crippen LogP) is 5.15. The second-order valence-electron chi connectivity index (χ2n) is 6.26. The summed E-state index contributed by atoms with van der Waals surface area (Å²) >= 11 is 6.23. The van der Waals surface area contributed by atoms with E-state index in [9.17, 15) is 4.79 Å². The zero-order chi connectivity index (χ0) is 19.5. The highest BCUT2D eigenvalue weighted by atomic mass is 35.5. The van der Waals surface area contributed by atoms with Crippen molar-refractivity contribution in [1.29, 1.82) is 0 Å². The van der Waals surface area contributed by atoms with E-state index < -0.39 is 5.91 Å². The summed E-state index contributed by atoms with van der Waals surface area (Å²) in [5.74, 6) is 0.248. The standard InChI is InChI=1S/C22H17ClN4O/c1-15-9-8-14-18(23)19(15)24-22(28)20-25-21(16-10-4-2-5-11-16)27(26-20)17-12-6-3-7-13-17/h2-14H,1H3,(H,24,28). The fourth-order valence-corrected chi connectivity index (χ4v) is 3.16. The van der Waals surface area contributed by atoms with Crippen molar-refractivity contribution >= 4 is 23.2 Å². The number of hydrogen-bond acceptors (Lipinski definition) is 3. The summed E-state index contributed by atoms with van der Waals surface area (Å²) in [4.78, 5) is 17.3. The highest BCUT2D eigenvalue weighted by Crippen LogP contribution is 2.26. The topological polar surface area (TPSA) is 59.8 Å². The molecule has 0 aliphatic carbocycles. The van der Waals surface area contributed by atoms with Crippen LogP contribution in [0.4, 0.5) is 5.69 Å². The molecule has 28 heavy (non-hydrogen) atoms. The van der Waals surface area contributed by atoms with Crippen molar-refractivity contribution in [3.63, 3.8) is 0 Å². The molecule has 0 aliphatic heterocycles. The summed E-state index contributed by atoms with van der Waals surface area (Å²) in [6, 6.07) is 24.7. The van der Waals surface area contributed by atoms with Gasteiger partial charge in [0.25, 0.3) is 5.91 Å². The van der Waals surface area contributed by atoms with Gasteiger partial charge in [-0.05, 0) is 30.7 Å². The predicted molar refractivity (Wildman–Crippen MR) is 111 cm³/mol. The zero-order valence-electron chi connectivity index (χ0n) is 15.1. The van der Waals surface area contributed by atoms with Crippen LogP contribution in [0.5, 0.6) is 0 Å². The van der Waals surface area contributed by atoms with Crippen molar-refractivity contribution in [2.75, 3.05) is 5.32 Å². The molecule has 0 bridgehead atoms. The molecule has 138 valence electrons. The number of carbonyl (C=O) groups is 1. The maximum Gasteiger partial charge on any atom is 0.295 e. The fraction of sp³-hybridized carbons (Fsp3) is 0.0455. The van der Waals surface area contributed by atoms with Crippen molar-refractivity contribution in [3.05, 3.63) is 95.3 Å². The van der Waals surface area contributed by atoms with E-state index in [2.05, 4.69) is 15.4 Å². The quantitative estimate of drug-likeness (QED) is 0.526. The van der Waals surface area contributed by atoms with Crippen molar-refractivity contribution in [1.82, 2.24) is 14.8 Å². The monoisotopic (exact) mass is 388 g/mol. The van der Waals surface area contributed by atoms with Gasteiger partial charge in [0.2, 0.25) is 5.82 Å². The number of aryl methyl sites for hydroxylation is 1. The average Bonchev–Trinajstić information content (AvgIpc) is 3.18. The van der Waals surface area contributed by atoms with Gasteiger partial charge in [-0.3, -0.25) is 4.79 Å². The maximum absolute atomic E-state index is 12.8. The third kappa shape index (κ3) is 3.52. The molecule has 0 unspecified atom stereocenters. The number of nitrogens with one attached hydrogen (secondary N) is 1. The molecule has 4 aromatic rings. The van der Waals surface area contributed by atoms with E-state index in [1.54, 1.807) is 10.7 Å². The van der Waals surface area contributed by atoms with Crippen molar-refractivity contribution in [2.45, 2.75) is 6.92 Å². The largest absolute Gasteiger partial charge is 0.318 e. The van der Waals surface area contributed by atoms with Crippen LogP contribution in [0.3, 0.4) is 0 Å². The number of hydrogen-bond donors (Lipinski definition) is 1. The van der Waals surface area contributed by atoms with Gasteiger partial charge in [-0.1, -0.05) is 72.3 Å². The van der Waals surface area contributed by atoms with Crippen LogP contribution in [-0.2, 0) is 0 Å². The van der Waals surface area contributed by atoms with Crippen LogP contribution in [0.2, 0.25) is 5.02 Å². The fourth-order valence-electron chi connectivity index (χ4n) is 2.89. The number of carbonyl (C=O) groups excluding carboxylic acids is 1. The molecule has 0 atom stereocenters. The Labute approximate surface area is 167 Å². The minimum absolute atomic E-state index is 0.0713. The zero-order valence-corrected chi connectivity index (χ0v) is 15.9. The number of nitrogens with zero attached hydrogens (tertiary/aromatic N) is 3. The third-order valence-electron chi connectivity index (χ3n) is 4.30. The molecule has 1 aromatic heterocycles. The second kappa shape index (κ2) is 7.66. The Morgan fingerprint density at radius 2 is 1.61 bits per heavy atom. The lowest BCUT2D eigenvalue weighted by molar-refractivity contribution is 0.101. The third-order valence-corrected chi connectivity index (χ3v) is 4.62. The first-order valence-corrected chi connectivity index (χ1v) is 9.15. The van der Waals surface area contributed by atoms with Gasteiger partial charge in [0.1, 0.15) is 0 Å². The SMILES string of the molecule is Cc1cccc(Cl)c1NC(=O)c1nc(-c2ccccc2)n(-c2ccccc2)n1. The van der Waals surface area contributed by atoms with E-state index in [1.165, 1.54) is 0 Å². The van der Waals surface area contributed by atoms with Crippen LogP contribution >= 0.6 is 11.6 Å². The van der Waals surface area contributed by atoms with Gasteiger partial charge in [0.15, 0.2) is 5.82 Å². The molecule has 0 fully saturated rings. The number of para-hydroxylation sites is 2. The molecule has 5 nitrogen and oxygen atoms in total. The molecule has 0 aliphatic rings. The van der Waals surface area contributed by atoms with Gasteiger partial charge in [0.05, 0.1) is 16.4 Å². The van der Waals surface area contributed by atoms with E-state index >= 15 is 0 Å². The van der Waals surface area contributed by atoms with Gasteiger partial charge >= 0.3 is 0 Å². The van der Waals surface area contributed by atoms with Crippen LogP contribution in [-0.4, -0.2) is 20.7 Å². The van der Waals surface area contributed by atoms with Gasteiger partial charge in [-0.25, -0.2) is 9.67 Å². The Morgan fingerprint density at radius 1 is 0.929 bits per heavy atom. The molecular weight excluding hydrogens is 372 g/mol. The highest BCUT2D eigenvalue weighted by molar-refractivity contribution is 6.34. The Hall–Kier alpha value is -3.44. The smallest absolute Gasteiger partial charge is 0.295 e. The van der Waals surface area contributed by atoms with Gasteiger partial charge < -0.3 is 5.32 Å². The molecular formula is C22H17ClN4O. The maximum atomic E-state index is 12.8. The normalized spacial score (nSPS) is 10.6. The van der Waals surface area contributed by atoms with Crippen molar-refractivity contribution in [2.24, 2.45) is 0 Å². The molecule has 1 heterocycles. The summed E-state index contributed by atoms with van der Waals surface area (Å²) in [7, 11) is 0. The first kappa shape index (κ1) is 17.9. The Morgan fingerprint density at radius 3 is 2.29 bits per heavy atom. The molecule has 0 spiro atoms. The number of rotatable bonds is 4. The van der Waals surface area contributed by atoms with Gasteiger partial charge in [-0.15, -0.1) is 5.10 Å².